The maximum atomic E-state index is 16.5. The zero-order valence-corrected chi connectivity index (χ0v) is 20.5. The molecule has 180 valence electrons. The van der Waals surface area contributed by atoms with E-state index in [1.807, 2.05) is 12.3 Å². The van der Waals surface area contributed by atoms with Gasteiger partial charge in [0, 0.05) is 29.1 Å². The lowest BCUT2D eigenvalue weighted by Gasteiger charge is -2.28. The first-order chi connectivity index (χ1) is 17.1. The Bertz CT molecular complexity index is 1490. The van der Waals surface area contributed by atoms with Crippen molar-refractivity contribution in [3.63, 3.8) is 0 Å². The van der Waals surface area contributed by atoms with Gasteiger partial charge in [0.2, 0.25) is 5.88 Å². The van der Waals surface area contributed by atoms with Crippen LogP contribution < -0.4 is 9.64 Å². The molecule has 7 rings (SSSR count). The van der Waals surface area contributed by atoms with Gasteiger partial charge in [0.25, 0.3) is 0 Å². The second-order valence-electron chi connectivity index (χ2n) is 9.18. The lowest BCUT2D eigenvalue weighted by Crippen LogP contribution is -2.41. The van der Waals surface area contributed by atoms with Crippen molar-refractivity contribution in [3.05, 3.63) is 28.7 Å². The lowest BCUT2D eigenvalue weighted by atomic mass is 9.95. The number of aromatic amines is 1. The molecule has 0 radical (unpaired) electrons. The van der Waals surface area contributed by atoms with E-state index < -0.39 is 5.82 Å². The van der Waals surface area contributed by atoms with Crippen LogP contribution in [-0.4, -0.2) is 63.8 Å². The van der Waals surface area contributed by atoms with Crippen molar-refractivity contribution in [1.29, 1.82) is 0 Å². The van der Waals surface area contributed by atoms with Crippen molar-refractivity contribution in [2.24, 2.45) is 0 Å². The number of rotatable bonds is 3. The summed E-state index contributed by atoms with van der Waals surface area (Å²) in [5.41, 5.74) is 2.71. The average Bonchev–Trinajstić information content (AvgIpc) is 3.65. The molecule has 1 N–H and O–H groups in total. The quantitative estimate of drug-likeness (QED) is 0.305. The summed E-state index contributed by atoms with van der Waals surface area (Å²) in [6.07, 6.45) is 6.47. The minimum atomic E-state index is -0.498. The van der Waals surface area contributed by atoms with Crippen LogP contribution >= 0.6 is 23.4 Å². The van der Waals surface area contributed by atoms with E-state index in [4.69, 9.17) is 31.0 Å². The topological polar surface area (TPSA) is 89.0 Å². The molecule has 5 heterocycles. The summed E-state index contributed by atoms with van der Waals surface area (Å²) in [6, 6.07) is 1.82. The van der Waals surface area contributed by atoms with Gasteiger partial charge in [0.15, 0.2) is 11.0 Å². The Morgan fingerprint density at radius 1 is 1.23 bits per heavy atom. The predicted octanol–water partition coefficient (Wildman–Crippen LogP) is 4.95. The standard InChI is InChI=1S/C24H22ClFN6O2S/c1-35-24-29-21-18-22(30-24)32-5-2-6-33-9-12(32)10-34-23(18)28-20(19(21)26)17-13-8-27-31-15(13)7-14(25)16(17)11-3-4-11/h7-8,11-12H,2-6,9-10H2,1H3,(H,27,31)/t12-/m0/s1. The van der Waals surface area contributed by atoms with E-state index in [1.54, 1.807) is 6.20 Å². The summed E-state index contributed by atoms with van der Waals surface area (Å²) in [5, 5.41) is 9.54. The minimum absolute atomic E-state index is 0.0419. The number of hydrogen-bond acceptors (Lipinski definition) is 8. The number of nitrogens with zero attached hydrogens (tertiary/aromatic N) is 5. The van der Waals surface area contributed by atoms with Gasteiger partial charge >= 0.3 is 0 Å². The molecule has 0 amide bonds. The molecule has 8 nitrogen and oxygen atoms in total. The maximum Gasteiger partial charge on any atom is 0.227 e. The number of anilines is 1. The van der Waals surface area contributed by atoms with Crippen molar-refractivity contribution in [2.45, 2.75) is 36.4 Å². The van der Waals surface area contributed by atoms with Gasteiger partial charge in [-0.2, -0.15) is 5.10 Å². The normalized spacial score (nSPS) is 20.0. The molecule has 35 heavy (non-hydrogen) atoms. The van der Waals surface area contributed by atoms with Gasteiger partial charge in [0.1, 0.15) is 29.0 Å². The molecule has 0 bridgehead atoms. The van der Waals surface area contributed by atoms with Gasteiger partial charge in [-0.3, -0.25) is 5.10 Å². The van der Waals surface area contributed by atoms with Crippen LogP contribution in [0.3, 0.4) is 0 Å². The van der Waals surface area contributed by atoms with E-state index in [0.29, 0.717) is 52.6 Å². The number of hydrogen-bond donors (Lipinski definition) is 1. The van der Waals surface area contributed by atoms with Crippen LogP contribution in [0.2, 0.25) is 5.02 Å². The molecule has 0 spiro atoms. The van der Waals surface area contributed by atoms with E-state index in [0.717, 1.165) is 42.3 Å². The number of halogens is 2. The molecule has 4 aromatic rings. The Hall–Kier alpha value is -2.69. The third-order valence-electron chi connectivity index (χ3n) is 6.98. The molecular weight excluding hydrogens is 491 g/mol. The van der Waals surface area contributed by atoms with Crippen LogP contribution in [0, 0.1) is 5.82 Å². The summed E-state index contributed by atoms with van der Waals surface area (Å²) in [4.78, 5) is 16.4. The molecule has 1 atom stereocenters. The molecule has 3 aromatic heterocycles. The van der Waals surface area contributed by atoms with E-state index >= 15 is 4.39 Å². The number of ether oxygens (including phenoxy) is 2. The SMILES string of the molecule is CSc1nc2c3c(nc(-c4c(C5CC5)c(Cl)cc5[nH]ncc45)c(F)c3n1)OC[C@@H]1COCCCN21. The highest BCUT2D eigenvalue weighted by Gasteiger charge is 2.36. The summed E-state index contributed by atoms with van der Waals surface area (Å²) < 4.78 is 28.6. The smallest absolute Gasteiger partial charge is 0.227 e. The third kappa shape index (κ3) is 3.37. The van der Waals surface area contributed by atoms with Gasteiger partial charge < -0.3 is 14.4 Å². The summed E-state index contributed by atoms with van der Waals surface area (Å²) >= 11 is 8.11. The number of nitrogens with one attached hydrogen (secondary N) is 1. The molecular formula is C24H22ClFN6O2S. The first-order valence-electron chi connectivity index (χ1n) is 11.7. The first-order valence-corrected chi connectivity index (χ1v) is 13.3. The number of aromatic nitrogens is 5. The number of H-pyrrole nitrogens is 1. The minimum Gasteiger partial charge on any atom is -0.475 e. The fourth-order valence-electron chi connectivity index (χ4n) is 5.19. The predicted molar refractivity (Wildman–Crippen MR) is 133 cm³/mol. The van der Waals surface area contributed by atoms with E-state index in [9.17, 15) is 0 Å². The number of benzene rings is 1. The average molecular weight is 513 g/mol. The maximum absolute atomic E-state index is 16.5. The largest absolute Gasteiger partial charge is 0.475 e. The number of fused-ring (bicyclic) bond motifs is 3. The molecule has 2 aliphatic heterocycles. The fraction of sp³-hybridized carbons (Fsp3) is 0.417. The van der Waals surface area contributed by atoms with Gasteiger partial charge in [-0.25, -0.2) is 19.3 Å². The highest BCUT2D eigenvalue weighted by molar-refractivity contribution is 7.98. The second kappa shape index (κ2) is 8.18. The molecule has 11 heteroatoms. The Labute approximate surface area is 209 Å². The fourth-order valence-corrected chi connectivity index (χ4v) is 5.91. The van der Waals surface area contributed by atoms with Crippen molar-refractivity contribution in [1.82, 2.24) is 25.1 Å². The zero-order valence-electron chi connectivity index (χ0n) is 19.0. The Balaban J connectivity index is 1.55. The molecule has 1 aliphatic carbocycles. The Morgan fingerprint density at radius 3 is 2.94 bits per heavy atom. The van der Waals surface area contributed by atoms with Gasteiger partial charge in [-0.1, -0.05) is 23.4 Å². The van der Waals surface area contributed by atoms with Gasteiger partial charge in [-0.05, 0) is 43.1 Å². The van der Waals surface area contributed by atoms with E-state index in [-0.39, 0.29) is 23.2 Å². The summed E-state index contributed by atoms with van der Waals surface area (Å²) in [5.74, 6) is 0.765. The number of pyridine rings is 1. The highest BCUT2D eigenvalue weighted by atomic mass is 35.5. The first kappa shape index (κ1) is 21.6. The third-order valence-corrected chi connectivity index (χ3v) is 7.84. The van der Waals surface area contributed by atoms with Crippen LogP contribution in [0.5, 0.6) is 5.88 Å². The van der Waals surface area contributed by atoms with Crippen LogP contribution in [0.1, 0.15) is 30.7 Å². The van der Waals surface area contributed by atoms with Crippen LogP contribution in [0.15, 0.2) is 17.4 Å². The molecule has 1 saturated carbocycles. The van der Waals surface area contributed by atoms with E-state index in [2.05, 4.69) is 20.1 Å². The summed E-state index contributed by atoms with van der Waals surface area (Å²) in [6.45, 7) is 2.30. The summed E-state index contributed by atoms with van der Waals surface area (Å²) in [7, 11) is 0. The monoisotopic (exact) mass is 512 g/mol. The van der Waals surface area contributed by atoms with Crippen molar-refractivity contribution in [2.75, 3.05) is 37.5 Å². The van der Waals surface area contributed by atoms with Gasteiger partial charge in [0.05, 0.1) is 24.4 Å². The highest BCUT2D eigenvalue weighted by Crippen LogP contribution is 2.51. The van der Waals surface area contributed by atoms with Crippen molar-refractivity contribution >= 4 is 51.0 Å². The van der Waals surface area contributed by atoms with E-state index in [1.165, 1.54) is 11.8 Å². The molecule has 3 aliphatic rings. The Morgan fingerprint density at radius 2 is 2.11 bits per heavy atom. The van der Waals surface area contributed by atoms with Crippen molar-refractivity contribution < 1.29 is 13.9 Å². The molecule has 1 aromatic carbocycles. The molecule has 2 fully saturated rings. The van der Waals surface area contributed by atoms with Crippen molar-refractivity contribution in [3.8, 4) is 17.1 Å². The Kier molecular flexibility index (Phi) is 5.04. The zero-order chi connectivity index (χ0) is 23.7. The number of thioether (sulfide) groups is 1. The lowest BCUT2D eigenvalue weighted by molar-refractivity contribution is 0.119. The van der Waals surface area contributed by atoms with Crippen LogP contribution in [0.4, 0.5) is 10.2 Å². The van der Waals surface area contributed by atoms with Crippen LogP contribution in [-0.2, 0) is 4.74 Å². The second-order valence-corrected chi connectivity index (χ2v) is 10.4. The molecule has 0 unspecified atom stereocenters. The van der Waals surface area contributed by atoms with Crippen LogP contribution in [0.25, 0.3) is 33.1 Å². The molecule has 1 saturated heterocycles. The van der Waals surface area contributed by atoms with Gasteiger partial charge in [-0.15, -0.1) is 0 Å².